The molecule has 1 fully saturated rings. The van der Waals surface area contributed by atoms with E-state index >= 15 is 0 Å². The quantitative estimate of drug-likeness (QED) is 0.0261. The van der Waals surface area contributed by atoms with E-state index in [1.807, 2.05) is 6.08 Å². The molecule has 7 atom stereocenters. The minimum atomic E-state index is -1.58. The van der Waals surface area contributed by atoms with Gasteiger partial charge in [-0.15, -0.1) is 0 Å². The molecule has 0 radical (unpaired) electrons. The third-order valence-electron chi connectivity index (χ3n) is 13.4. The van der Waals surface area contributed by atoms with Crippen LogP contribution in [-0.2, 0) is 14.3 Å². The molecule has 1 saturated heterocycles. The lowest BCUT2D eigenvalue weighted by molar-refractivity contribution is -0.302. The maximum absolute atomic E-state index is 13.0. The zero-order valence-corrected chi connectivity index (χ0v) is 45.5. The Bertz CT molecular complexity index is 1390. The minimum Gasteiger partial charge on any atom is -0.394 e. The summed E-state index contributed by atoms with van der Waals surface area (Å²) in [6, 6.07) is -0.828. The van der Waals surface area contributed by atoms with Gasteiger partial charge in [-0.25, -0.2) is 0 Å². The second-order valence-electron chi connectivity index (χ2n) is 20.0. The van der Waals surface area contributed by atoms with Crippen LogP contribution < -0.4 is 5.32 Å². The minimum absolute atomic E-state index is 0.192. The van der Waals surface area contributed by atoms with Crippen LogP contribution in [0.4, 0.5) is 0 Å². The monoisotopic (exact) mass is 996 g/mol. The number of rotatable bonds is 49. The highest BCUT2D eigenvalue weighted by Crippen LogP contribution is 2.23. The van der Waals surface area contributed by atoms with Crippen molar-refractivity contribution in [3.63, 3.8) is 0 Å². The van der Waals surface area contributed by atoms with Gasteiger partial charge in [0.05, 0.1) is 25.4 Å². The number of carbonyl (C=O) groups excluding carboxylic acids is 1. The molecule has 9 nitrogen and oxygen atoms in total. The number of hydrogen-bond acceptors (Lipinski definition) is 8. The third-order valence-corrected chi connectivity index (χ3v) is 13.4. The Labute approximate surface area is 435 Å². The average Bonchev–Trinajstić information content (AvgIpc) is 3.37. The number of amides is 1. The largest absolute Gasteiger partial charge is 0.394 e. The number of ether oxygens (including phenoxy) is 2. The van der Waals surface area contributed by atoms with Gasteiger partial charge in [-0.3, -0.25) is 4.79 Å². The van der Waals surface area contributed by atoms with E-state index in [1.165, 1.54) is 141 Å². The Hall–Kier alpha value is -2.63. The van der Waals surface area contributed by atoms with Gasteiger partial charge < -0.3 is 40.3 Å². The van der Waals surface area contributed by atoms with Crippen LogP contribution in [0.5, 0.6) is 0 Å². The number of allylic oxidation sites excluding steroid dienone is 13. The first kappa shape index (κ1) is 66.4. The molecule has 1 aliphatic heterocycles. The van der Waals surface area contributed by atoms with Crippen molar-refractivity contribution in [1.82, 2.24) is 5.32 Å². The van der Waals surface area contributed by atoms with Crippen molar-refractivity contribution in [2.24, 2.45) is 0 Å². The van der Waals surface area contributed by atoms with Crippen LogP contribution in [0.1, 0.15) is 245 Å². The normalized spacial score (nSPS) is 19.9. The molecule has 1 rings (SSSR count). The zero-order chi connectivity index (χ0) is 51.5. The number of carbonyl (C=O) groups is 1. The maximum Gasteiger partial charge on any atom is 0.220 e. The molecule has 71 heavy (non-hydrogen) atoms. The van der Waals surface area contributed by atoms with E-state index in [2.05, 4.69) is 92.1 Å². The highest BCUT2D eigenvalue weighted by Gasteiger charge is 2.44. The van der Waals surface area contributed by atoms with Crippen molar-refractivity contribution in [3.8, 4) is 0 Å². The molecule has 1 heterocycles. The van der Waals surface area contributed by atoms with E-state index in [9.17, 15) is 30.3 Å². The highest BCUT2D eigenvalue weighted by atomic mass is 16.7. The summed E-state index contributed by atoms with van der Waals surface area (Å²) in [6.45, 7) is 3.56. The summed E-state index contributed by atoms with van der Waals surface area (Å²) in [6.07, 6.45) is 65.5. The average molecular weight is 997 g/mol. The van der Waals surface area contributed by atoms with E-state index in [-0.39, 0.29) is 12.5 Å². The van der Waals surface area contributed by atoms with Gasteiger partial charge in [0.25, 0.3) is 0 Å². The first-order valence-corrected chi connectivity index (χ1v) is 29.3. The van der Waals surface area contributed by atoms with E-state index < -0.39 is 49.5 Å². The summed E-state index contributed by atoms with van der Waals surface area (Å²) >= 11 is 0. The summed E-state index contributed by atoms with van der Waals surface area (Å²) in [7, 11) is 0. The molecule has 0 aromatic carbocycles. The third kappa shape index (κ3) is 40.4. The van der Waals surface area contributed by atoms with Gasteiger partial charge in [0.1, 0.15) is 24.4 Å². The number of aliphatic hydroxyl groups excluding tert-OH is 5. The van der Waals surface area contributed by atoms with Crippen molar-refractivity contribution in [2.75, 3.05) is 13.2 Å². The van der Waals surface area contributed by atoms with Gasteiger partial charge in [-0.05, 0) is 77.0 Å². The van der Waals surface area contributed by atoms with Gasteiger partial charge in [-0.1, -0.05) is 247 Å². The van der Waals surface area contributed by atoms with Crippen LogP contribution in [0.3, 0.4) is 0 Å². The molecule has 1 amide bonds. The Morgan fingerprint density at radius 1 is 0.493 bits per heavy atom. The van der Waals surface area contributed by atoms with Gasteiger partial charge in [0.2, 0.25) is 5.91 Å². The van der Waals surface area contributed by atoms with Gasteiger partial charge in [-0.2, -0.15) is 0 Å². The van der Waals surface area contributed by atoms with Crippen LogP contribution in [0.2, 0.25) is 0 Å². The molecule has 0 aromatic heterocycles. The predicted octanol–water partition coefficient (Wildman–Crippen LogP) is 14.6. The molecule has 7 unspecified atom stereocenters. The molecule has 0 bridgehead atoms. The van der Waals surface area contributed by atoms with Gasteiger partial charge in [0.15, 0.2) is 6.29 Å². The molecule has 0 spiro atoms. The molecular weight excluding hydrogens is 887 g/mol. The van der Waals surface area contributed by atoms with Crippen molar-refractivity contribution < 1.29 is 39.8 Å². The van der Waals surface area contributed by atoms with Crippen molar-refractivity contribution >= 4 is 5.91 Å². The first-order valence-electron chi connectivity index (χ1n) is 29.3. The molecule has 6 N–H and O–H groups in total. The molecule has 9 heteroatoms. The Kier molecular flexibility index (Phi) is 47.6. The van der Waals surface area contributed by atoms with Crippen molar-refractivity contribution in [1.29, 1.82) is 0 Å². The highest BCUT2D eigenvalue weighted by molar-refractivity contribution is 5.76. The molecule has 0 aromatic rings. The van der Waals surface area contributed by atoms with Crippen LogP contribution in [0.15, 0.2) is 85.1 Å². The van der Waals surface area contributed by atoms with Crippen LogP contribution >= 0.6 is 0 Å². The first-order chi connectivity index (χ1) is 34.8. The van der Waals surface area contributed by atoms with Crippen LogP contribution in [0.25, 0.3) is 0 Å². The molecule has 1 aliphatic rings. The fraction of sp³-hybridized carbons (Fsp3) is 0.758. The predicted molar refractivity (Wildman–Crippen MR) is 299 cm³/mol. The van der Waals surface area contributed by atoms with E-state index in [1.54, 1.807) is 6.08 Å². The fourth-order valence-corrected chi connectivity index (χ4v) is 8.84. The summed E-state index contributed by atoms with van der Waals surface area (Å²) in [5, 5.41) is 54.3. The Morgan fingerprint density at radius 3 is 1.34 bits per heavy atom. The lowest BCUT2D eigenvalue weighted by atomic mass is 9.99. The van der Waals surface area contributed by atoms with E-state index in [0.29, 0.717) is 6.42 Å². The topological polar surface area (TPSA) is 149 Å². The number of unbranched alkanes of at least 4 members (excludes halogenated alkanes) is 27. The number of aliphatic hydroxyl groups is 5. The second-order valence-corrected chi connectivity index (χ2v) is 20.0. The fourth-order valence-electron chi connectivity index (χ4n) is 8.84. The van der Waals surface area contributed by atoms with Crippen molar-refractivity contribution in [3.05, 3.63) is 85.1 Å². The van der Waals surface area contributed by atoms with Crippen LogP contribution in [-0.4, -0.2) is 87.5 Å². The van der Waals surface area contributed by atoms with Crippen molar-refractivity contribution in [2.45, 2.75) is 288 Å². The molecule has 0 saturated carbocycles. The molecular formula is C62H109NO8. The Morgan fingerprint density at radius 2 is 0.887 bits per heavy atom. The second kappa shape index (κ2) is 50.9. The lowest BCUT2D eigenvalue weighted by Crippen LogP contribution is -2.60. The number of hydrogen-bond donors (Lipinski definition) is 6. The smallest absolute Gasteiger partial charge is 0.220 e. The summed E-state index contributed by atoms with van der Waals surface area (Å²) in [5.41, 5.74) is 0. The SMILES string of the molecule is CC/C=C\C/C=C\C/C=C\C/C=C\CCCCCCCCCCCCCCCCCCCCCCCCCCC(=O)NC(COC1OC(CO)C(O)C(O)C1O)C(O)/C=C/CC/C=C/CC/C=C/CCC. The molecule has 0 aliphatic carbocycles. The summed E-state index contributed by atoms with van der Waals surface area (Å²) in [5.74, 6) is -0.192. The van der Waals surface area contributed by atoms with E-state index in [0.717, 1.165) is 83.5 Å². The zero-order valence-electron chi connectivity index (χ0n) is 45.5. The molecule has 410 valence electrons. The maximum atomic E-state index is 13.0. The van der Waals surface area contributed by atoms with E-state index in [4.69, 9.17) is 9.47 Å². The standard InChI is InChI=1S/C62H109NO8/c1-3-5-7-9-11-13-15-16-17-18-19-20-21-22-23-24-25-26-27-28-29-30-31-32-33-34-35-36-37-38-39-40-42-44-46-48-50-52-58(66)63-55(54-70-62-61(69)60(68)59(67)57(53-64)71-62)56(65)51-49-47-45-43-41-14-12-10-8-6-4-2/h5,7-8,10-11,13,16-17,19-20,41,43,49,51,55-57,59-62,64-65,67-69H,3-4,6,9,12,14-15,18,21-40,42,44-48,50,52-54H2,1-2H3,(H,63,66)/b7-5-,10-8+,13-11-,17-16-,20-19-,43-41+,51-49+. The van der Waals surface area contributed by atoms with Crippen LogP contribution in [0, 0.1) is 0 Å². The lowest BCUT2D eigenvalue weighted by Gasteiger charge is -2.40. The summed E-state index contributed by atoms with van der Waals surface area (Å²) in [4.78, 5) is 13.0. The number of nitrogens with one attached hydrogen (secondary N) is 1. The van der Waals surface area contributed by atoms with Gasteiger partial charge >= 0.3 is 0 Å². The Balaban J connectivity index is 2.05. The van der Waals surface area contributed by atoms with Gasteiger partial charge in [0, 0.05) is 6.42 Å². The summed E-state index contributed by atoms with van der Waals surface area (Å²) < 4.78 is 11.2.